The molecular weight excluding hydrogens is 268 g/mol. The fraction of sp³-hybridized carbons (Fsp3) is 0.500. The van der Waals surface area contributed by atoms with Crippen molar-refractivity contribution < 1.29 is 14.7 Å². The molecule has 1 amide bonds. The van der Waals surface area contributed by atoms with Crippen LogP contribution in [0.1, 0.15) is 45.1 Å². The zero-order valence-electron chi connectivity index (χ0n) is 12.8. The molecule has 0 saturated heterocycles. The second-order valence-corrected chi connectivity index (χ2v) is 5.52. The number of aliphatic carboxylic acids is 1. The van der Waals surface area contributed by atoms with Crippen LogP contribution in [0.5, 0.6) is 0 Å². The van der Waals surface area contributed by atoms with Gasteiger partial charge in [0.2, 0.25) is 5.91 Å². The Bertz CT molecular complexity index is 485. The van der Waals surface area contributed by atoms with Crippen LogP contribution in [0.4, 0.5) is 5.69 Å². The molecule has 21 heavy (non-hydrogen) atoms. The van der Waals surface area contributed by atoms with Crippen LogP contribution < -0.4 is 11.1 Å². The van der Waals surface area contributed by atoms with Crippen molar-refractivity contribution in [3.8, 4) is 0 Å². The summed E-state index contributed by atoms with van der Waals surface area (Å²) in [5, 5.41) is 11.6. The molecule has 4 N–H and O–H groups in total. The number of nitrogens with two attached hydrogens (primary N) is 1. The predicted molar refractivity (Wildman–Crippen MR) is 83.2 cm³/mol. The van der Waals surface area contributed by atoms with E-state index in [1.807, 2.05) is 32.9 Å². The molecule has 3 atom stereocenters. The summed E-state index contributed by atoms with van der Waals surface area (Å²) in [6.45, 7) is 5.80. The predicted octanol–water partition coefficient (Wildman–Crippen LogP) is 2.58. The Hall–Kier alpha value is -1.88. The van der Waals surface area contributed by atoms with Gasteiger partial charge >= 0.3 is 5.97 Å². The normalized spacial score (nSPS) is 15.0. The maximum absolute atomic E-state index is 12.0. The zero-order valence-corrected chi connectivity index (χ0v) is 12.8. The van der Waals surface area contributed by atoms with Crippen LogP contribution in [0.3, 0.4) is 0 Å². The first-order valence-electron chi connectivity index (χ1n) is 7.23. The Morgan fingerprint density at radius 1 is 1.24 bits per heavy atom. The summed E-state index contributed by atoms with van der Waals surface area (Å²) in [6.07, 6.45) is 0.935. The van der Waals surface area contributed by atoms with Crippen LogP contribution in [-0.2, 0) is 9.59 Å². The summed E-state index contributed by atoms with van der Waals surface area (Å²) >= 11 is 0. The van der Waals surface area contributed by atoms with Crippen molar-refractivity contribution in [2.24, 2.45) is 11.7 Å². The fourth-order valence-electron chi connectivity index (χ4n) is 2.01. The van der Waals surface area contributed by atoms with Crippen molar-refractivity contribution in [3.05, 3.63) is 29.8 Å². The van der Waals surface area contributed by atoms with Gasteiger partial charge in [0.05, 0.1) is 12.5 Å². The molecule has 2 unspecified atom stereocenters. The molecule has 5 heteroatoms. The summed E-state index contributed by atoms with van der Waals surface area (Å²) in [7, 11) is 0. The molecule has 0 saturated carbocycles. The first kappa shape index (κ1) is 17.2. The van der Waals surface area contributed by atoms with Crippen molar-refractivity contribution in [1.82, 2.24) is 0 Å². The molecule has 1 rings (SSSR count). The van der Waals surface area contributed by atoms with E-state index in [1.54, 1.807) is 12.1 Å². The molecule has 1 aromatic carbocycles. The lowest BCUT2D eigenvalue weighted by Crippen LogP contribution is -2.40. The van der Waals surface area contributed by atoms with Gasteiger partial charge in [0, 0.05) is 5.69 Å². The summed E-state index contributed by atoms with van der Waals surface area (Å²) in [5.41, 5.74) is 7.48. The third kappa shape index (κ3) is 5.19. The molecule has 116 valence electrons. The van der Waals surface area contributed by atoms with Crippen LogP contribution >= 0.6 is 0 Å². The van der Waals surface area contributed by atoms with E-state index in [-0.39, 0.29) is 24.2 Å². The van der Waals surface area contributed by atoms with Crippen LogP contribution in [0.25, 0.3) is 0 Å². The number of hydrogen-bond donors (Lipinski definition) is 3. The van der Waals surface area contributed by atoms with Gasteiger partial charge in [-0.1, -0.05) is 39.3 Å². The number of anilines is 1. The molecule has 0 aliphatic rings. The van der Waals surface area contributed by atoms with Gasteiger partial charge in [0.25, 0.3) is 0 Å². The summed E-state index contributed by atoms with van der Waals surface area (Å²) in [4.78, 5) is 22.7. The molecular formula is C16H24N2O3. The largest absolute Gasteiger partial charge is 0.481 e. The number of rotatable bonds is 7. The molecule has 0 bridgehead atoms. The molecule has 0 heterocycles. The Balaban J connectivity index is 2.66. The average molecular weight is 292 g/mol. The number of carbonyl (C=O) groups excluding carboxylic acids is 1. The average Bonchev–Trinajstić information content (AvgIpc) is 2.45. The highest BCUT2D eigenvalue weighted by Crippen LogP contribution is 2.21. The summed E-state index contributed by atoms with van der Waals surface area (Å²) in [6, 6.07) is 6.68. The van der Waals surface area contributed by atoms with Gasteiger partial charge in [-0.15, -0.1) is 0 Å². The van der Waals surface area contributed by atoms with E-state index in [9.17, 15) is 9.59 Å². The summed E-state index contributed by atoms with van der Waals surface area (Å²) < 4.78 is 0. The van der Waals surface area contributed by atoms with E-state index in [0.717, 1.165) is 12.0 Å². The van der Waals surface area contributed by atoms with Crippen LogP contribution in [0.15, 0.2) is 24.3 Å². The van der Waals surface area contributed by atoms with Crippen molar-refractivity contribution >= 4 is 17.6 Å². The Kier molecular flexibility index (Phi) is 6.37. The molecule has 0 aromatic heterocycles. The molecule has 0 aliphatic carbocycles. The first-order chi connectivity index (χ1) is 9.85. The van der Waals surface area contributed by atoms with E-state index < -0.39 is 12.0 Å². The zero-order chi connectivity index (χ0) is 16.0. The number of benzene rings is 1. The molecule has 0 radical (unpaired) electrons. The maximum Gasteiger partial charge on any atom is 0.303 e. The first-order valence-corrected chi connectivity index (χ1v) is 7.23. The lowest BCUT2D eigenvalue weighted by atomic mass is 9.97. The lowest BCUT2D eigenvalue weighted by Gasteiger charge is -2.18. The number of carboxylic acids is 1. The van der Waals surface area contributed by atoms with Crippen LogP contribution in [0.2, 0.25) is 0 Å². The van der Waals surface area contributed by atoms with Gasteiger partial charge in [0.1, 0.15) is 0 Å². The highest BCUT2D eigenvalue weighted by Gasteiger charge is 2.19. The standard InChI is InChI=1S/C16H24N2O3/c1-4-10(2)15(17)16(21)18-13-7-5-12(6-8-13)11(3)9-14(19)20/h5-8,10-11,15H,4,9,17H2,1-3H3,(H,18,21)(H,19,20)/t10?,11?,15-/m0/s1. The number of amides is 1. The topological polar surface area (TPSA) is 92.4 Å². The van der Waals surface area contributed by atoms with Gasteiger partial charge in [-0.05, 0) is 29.5 Å². The van der Waals surface area contributed by atoms with E-state index >= 15 is 0 Å². The monoisotopic (exact) mass is 292 g/mol. The van der Waals surface area contributed by atoms with Gasteiger partial charge in [0.15, 0.2) is 0 Å². The Morgan fingerprint density at radius 3 is 2.29 bits per heavy atom. The third-order valence-corrected chi connectivity index (χ3v) is 3.79. The minimum atomic E-state index is -0.820. The quantitative estimate of drug-likeness (QED) is 0.720. The van der Waals surface area contributed by atoms with Crippen molar-refractivity contribution in [3.63, 3.8) is 0 Å². The molecule has 0 aliphatic heterocycles. The highest BCUT2D eigenvalue weighted by atomic mass is 16.4. The molecule has 1 aromatic rings. The highest BCUT2D eigenvalue weighted by molar-refractivity contribution is 5.94. The van der Waals surface area contributed by atoms with Gasteiger partial charge in [-0.3, -0.25) is 9.59 Å². The van der Waals surface area contributed by atoms with Crippen LogP contribution in [0, 0.1) is 5.92 Å². The SMILES string of the molecule is CCC(C)[C@H](N)C(=O)Nc1ccc(C(C)CC(=O)O)cc1. The molecule has 5 nitrogen and oxygen atoms in total. The number of nitrogens with one attached hydrogen (secondary N) is 1. The Labute approximate surface area is 125 Å². The number of carboxylic acid groups (broad SMARTS) is 1. The van der Waals surface area contributed by atoms with Crippen molar-refractivity contribution in [1.29, 1.82) is 0 Å². The van der Waals surface area contributed by atoms with Gasteiger partial charge in [-0.25, -0.2) is 0 Å². The number of hydrogen-bond acceptors (Lipinski definition) is 3. The number of carbonyl (C=O) groups is 2. The summed E-state index contributed by atoms with van der Waals surface area (Å²) in [5.74, 6) is -0.954. The van der Waals surface area contributed by atoms with E-state index in [4.69, 9.17) is 10.8 Å². The third-order valence-electron chi connectivity index (χ3n) is 3.79. The van der Waals surface area contributed by atoms with E-state index in [2.05, 4.69) is 5.32 Å². The maximum atomic E-state index is 12.0. The minimum absolute atomic E-state index is 0.0605. The van der Waals surface area contributed by atoms with Crippen molar-refractivity contribution in [2.45, 2.75) is 45.6 Å². The van der Waals surface area contributed by atoms with Crippen molar-refractivity contribution in [2.75, 3.05) is 5.32 Å². The van der Waals surface area contributed by atoms with E-state index in [1.165, 1.54) is 0 Å². The minimum Gasteiger partial charge on any atom is -0.481 e. The molecule has 0 spiro atoms. The smallest absolute Gasteiger partial charge is 0.303 e. The second kappa shape index (κ2) is 7.78. The lowest BCUT2D eigenvalue weighted by molar-refractivity contribution is -0.137. The molecule has 0 fully saturated rings. The Morgan fingerprint density at radius 2 is 1.81 bits per heavy atom. The van der Waals surface area contributed by atoms with Crippen LogP contribution in [-0.4, -0.2) is 23.0 Å². The van der Waals surface area contributed by atoms with Gasteiger partial charge in [-0.2, -0.15) is 0 Å². The van der Waals surface area contributed by atoms with E-state index in [0.29, 0.717) is 5.69 Å². The van der Waals surface area contributed by atoms with Gasteiger partial charge < -0.3 is 16.2 Å². The second-order valence-electron chi connectivity index (χ2n) is 5.52. The fourth-order valence-corrected chi connectivity index (χ4v) is 2.01.